The van der Waals surface area contributed by atoms with E-state index in [-0.39, 0.29) is 0 Å². The van der Waals surface area contributed by atoms with E-state index >= 15 is 0 Å². The molecular weight excluding hydrogens is 150 g/mol. The largest absolute Gasteiger partial charge is 0.314 e. The minimum Gasteiger partial charge on any atom is -0.314 e. The van der Waals surface area contributed by atoms with Gasteiger partial charge in [0.15, 0.2) is 0 Å². The molecule has 0 saturated carbocycles. The summed E-state index contributed by atoms with van der Waals surface area (Å²) in [5.41, 5.74) is 3.47. The lowest BCUT2D eigenvalue weighted by Gasteiger charge is -2.06. The molecule has 0 aliphatic rings. The SMILES string of the molecule is CCc1ncnc(CNC)c1C. The minimum atomic E-state index is 0.821. The topological polar surface area (TPSA) is 37.8 Å². The lowest BCUT2D eigenvalue weighted by Crippen LogP contribution is -2.10. The van der Waals surface area contributed by atoms with Crippen LogP contribution in [-0.4, -0.2) is 17.0 Å². The van der Waals surface area contributed by atoms with Gasteiger partial charge in [0.2, 0.25) is 0 Å². The first-order valence-corrected chi connectivity index (χ1v) is 4.23. The van der Waals surface area contributed by atoms with Crippen LogP contribution in [0.25, 0.3) is 0 Å². The van der Waals surface area contributed by atoms with Crippen LogP contribution < -0.4 is 5.32 Å². The Kier molecular flexibility index (Phi) is 3.17. The second-order valence-electron chi connectivity index (χ2n) is 2.78. The van der Waals surface area contributed by atoms with Gasteiger partial charge in [-0.25, -0.2) is 9.97 Å². The molecule has 1 rings (SSSR count). The lowest BCUT2D eigenvalue weighted by atomic mass is 10.1. The number of aryl methyl sites for hydroxylation is 1. The standard InChI is InChI=1S/C9H15N3/c1-4-8-7(2)9(5-10-3)12-6-11-8/h6,10H,4-5H2,1-3H3. The third-order valence-electron chi connectivity index (χ3n) is 1.97. The summed E-state index contributed by atoms with van der Waals surface area (Å²) in [6.07, 6.45) is 2.61. The lowest BCUT2D eigenvalue weighted by molar-refractivity contribution is 0.768. The number of nitrogens with one attached hydrogen (secondary N) is 1. The first-order chi connectivity index (χ1) is 5.79. The molecule has 0 fully saturated rings. The molecular formula is C9H15N3. The maximum Gasteiger partial charge on any atom is 0.116 e. The molecule has 0 amide bonds. The van der Waals surface area contributed by atoms with E-state index in [0.29, 0.717) is 0 Å². The van der Waals surface area contributed by atoms with Crippen molar-refractivity contribution in [1.82, 2.24) is 15.3 Å². The maximum atomic E-state index is 4.20. The molecule has 0 atom stereocenters. The van der Waals surface area contributed by atoms with E-state index in [1.54, 1.807) is 6.33 Å². The summed E-state index contributed by atoms with van der Waals surface area (Å²) >= 11 is 0. The van der Waals surface area contributed by atoms with E-state index in [1.165, 1.54) is 5.56 Å². The van der Waals surface area contributed by atoms with Crippen molar-refractivity contribution in [2.24, 2.45) is 0 Å². The Hall–Kier alpha value is -0.960. The molecule has 0 aliphatic carbocycles. The van der Waals surface area contributed by atoms with E-state index in [1.807, 2.05) is 7.05 Å². The molecule has 12 heavy (non-hydrogen) atoms. The van der Waals surface area contributed by atoms with E-state index in [9.17, 15) is 0 Å². The quantitative estimate of drug-likeness (QED) is 0.728. The maximum absolute atomic E-state index is 4.20. The number of hydrogen-bond donors (Lipinski definition) is 1. The van der Waals surface area contributed by atoms with Gasteiger partial charge in [0.1, 0.15) is 6.33 Å². The van der Waals surface area contributed by atoms with Gasteiger partial charge in [-0.1, -0.05) is 6.92 Å². The third kappa shape index (κ3) is 1.80. The van der Waals surface area contributed by atoms with Crippen molar-refractivity contribution in [2.45, 2.75) is 26.8 Å². The van der Waals surface area contributed by atoms with Crippen molar-refractivity contribution >= 4 is 0 Å². The Bertz CT molecular complexity index is 258. The fourth-order valence-corrected chi connectivity index (χ4v) is 1.23. The fraction of sp³-hybridized carbons (Fsp3) is 0.556. The van der Waals surface area contributed by atoms with Gasteiger partial charge in [-0.3, -0.25) is 0 Å². The number of rotatable bonds is 3. The van der Waals surface area contributed by atoms with Crippen LogP contribution in [0.1, 0.15) is 23.9 Å². The van der Waals surface area contributed by atoms with Crippen LogP contribution in [0.3, 0.4) is 0 Å². The normalized spacial score (nSPS) is 10.2. The van der Waals surface area contributed by atoms with Crippen LogP contribution in [0.15, 0.2) is 6.33 Å². The Balaban J connectivity index is 2.97. The van der Waals surface area contributed by atoms with Crippen molar-refractivity contribution in [1.29, 1.82) is 0 Å². The molecule has 1 heterocycles. The number of hydrogen-bond acceptors (Lipinski definition) is 3. The van der Waals surface area contributed by atoms with E-state index < -0.39 is 0 Å². The highest BCUT2D eigenvalue weighted by molar-refractivity contribution is 5.22. The molecule has 0 spiro atoms. The molecule has 0 aliphatic heterocycles. The van der Waals surface area contributed by atoms with E-state index in [4.69, 9.17) is 0 Å². The van der Waals surface area contributed by atoms with Gasteiger partial charge in [-0.05, 0) is 26.0 Å². The highest BCUT2D eigenvalue weighted by Crippen LogP contribution is 2.08. The average Bonchev–Trinajstić information content (AvgIpc) is 2.09. The van der Waals surface area contributed by atoms with Crippen LogP contribution in [0.4, 0.5) is 0 Å². The van der Waals surface area contributed by atoms with Crippen LogP contribution in [0.5, 0.6) is 0 Å². The molecule has 66 valence electrons. The molecule has 0 unspecified atom stereocenters. The highest BCUT2D eigenvalue weighted by Gasteiger charge is 2.03. The van der Waals surface area contributed by atoms with Crippen LogP contribution in [-0.2, 0) is 13.0 Å². The molecule has 0 aromatic carbocycles. The van der Waals surface area contributed by atoms with Gasteiger partial charge >= 0.3 is 0 Å². The summed E-state index contributed by atoms with van der Waals surface area (Å²) in [5.74, 6) is 0. The second kappa shape index (κ2) is 4.16. The minimum absolute atomic E-state index is 0.821. The summed E-state index contributed by atoms with van der Waals surface area (Å²) < 4.78 is 0. The molecule has 1 aromatic heterocycles. The Morgan fingerprint density at radius 1 is 1.33 bits per heavy atom. The van der Waals surface area contributed by atoms with Gasteiger partial charge in [0.05, 0.1) is 5.69 Å². The predicted molar refractivity (Wildman–Crippen MR) is 48.9 cm³/mol. The molecule has 0 radical (unpaired) electrons. The zero-order chi connectivity index (χ0) is 8.97. The van der Waals surface area contributed by atoms with E-state index in [2.05, 4.69) is 29.1 Å². The molecule has 3 nitrogen and oxygen atoms in total. The molecule has 0 saturated heterocycles. The number of nitrogens with zero attached hydrogens (tertiary/aromatic N) is 2. The third-order valence-corrected chi connectivity index (χ3v) is 1.97. The summed E-state index contributed by atoms with van der Waals surface area (Å²) in [7, 11) is 1.92. The Morgan fingerprint density at radius 2 is 2.00 bits per heavy atom. The summed E-state index contributed by atoms with van der Waals surface area (Å²) in [4.78, 5) is 8.40. The summed E-state index contributed by atoms with van der Waals surface area (Å²) in [6, 6.07) is 0. The summed E-state index contributed by atoms with van der Waals surface area (Å²) in [6.45, 7) is 5.01. The van der Waals surface area contributed by atoms with Crippen molar-refractivity contribution in [3.05, 3.63) is 23.3 Å². The van der Waals surface area contributed by atoms with Gasteiger partial charge in [-0.2, -0.15) is 0 Å². The average molecular weight is 165 g/mol. The van der Waals surface area contributed by atoms with E-state index in [0.717, 1.165) is 24.4 Å². The molecule has 1 aromatic rings. The van der Waals surface area contributed by atoms with Gasteiger partial charge < -0.3 is 5.32 Å². The Labute approximate surface area is 73.2 Å². The van der Waals surface area contributed by atoms with Crippen LogP contribution >= 0.6 is 0 Å². The summed E-state index contributed by atoms with van der Waals surface area (Å²) in [5, 5.41) is 3.09. The van der Waals surface area contributed by atoms with Crippen molar-refractivity contribution < 1.29 is 0 Å². The molecule has 3 heteroatoms. The first kappa shape index (κ1) is 9.13. The van der Waals surface area contributed by atoms with Gasteiger partial charge in [-0.15, -0.1) is 0 Å². The Morgan fingerprint density at radius 3 is 2.58 bits per heavy atom. The zero-order valence-corrected chi connectivity index (χ0v) is 7.89. The zero-order valence-electron chi connectivity index (χ0n) is 7.89. The van der Waals surface area contributed by atoms with Crippen molar-refractivity contribution in [3.8, 4) is 0 Å². The van der Waals surface area contributed by atoms with Crippen molar-refractivity contribution in [3.63, 3.8) is 0 Å². The smallest absolute Gasteiger partial charge is 0.116 e. The van der Waals surface area contributed by atoms with Crippen LogP contribution in [0, 0.1) is 6.92 Å². The fourth-order valence-electron chi connectivity index (χ4n) is 1.23. The second-order valence-corrected chi connectivity index (χ2v) is 2.78. The van der Waals surface area contributed by atoms with Crippen molar-refractivity contribution in [2.75, 3.05) is 7.05 Å². The highest BCUT2D eigenvalue weighted by atomic mass is 14.9. The molecule has 0 bridgehead atoms. The predicted octanol–water partition coefficient (Wildman–Crippen LogP) is 1.07. The van der Waals surface area contributed by atoms with Gasteiger partial charge in [0.25, 0.3) is 0 Å². The molecule has 1 N–H and O–H groups in total. The monoisotopic (exact) mass is 165 g/mol. The van der Waals surface area contributed by atoms with Crippen LogP contribution in [0.2, 0.25) is 0 Å². The first-order valence-electron chi connectivity index (χ1n) is 4.23. The number of aromatic nitrogens is 2. The van der Waals surface area contributed by atoms with Gasteiger partial charge in [0, 0.05) is 12.2 Å².